The third kappa shape index (κ3) is 4.86. The van der Waals surface area contributed by atoms with Gasteiger partial charge in [0.2, 0.25) is 0 Å². The predicted octanol–water partition coefficient (Wildman–Crippen LogP) is 14.2. The van der Waals surface area contributed by atoms with Crippen LogP contribution < -0.4 is 0 Å². The van der Waals surface area contributed by atoms with Gasteiger partial charge in [-0.1, -0.05) is 169 Å². The largest absolute Gasteiger partial charge is 0.456 e. The summed E-state index contributed by atoms with van der Waals surface area (Å²) in [6, 6.07) is 13.3. The van der Waals surface area contributed by atoms with E-state index in [-0.39, 0.29) is 28.8 Å². The van der Waals surface area contributed by atoms with Gasteiger partial charge in [0.1, 0.15) is 11.2 Å². The van der Waals surface area contributed by atoms with Crippen molar-refractivity contribution in [1.29, 1.82) is 0 Å². The fourth-order valence-electron chi connectivity index (χ4n) is 6.93. The molecule has 0 aliphatic carbocycles. The van der Waals surface area contributed by atoms with Crippen molar-refractivity contribution in [1.82, 2.24) is 0 Å². The first-order valence-electron chi connectivity index (χ1n) is 25.0. The van der Waals surface area contributed by atoms with E-state index in [1.807, 2.05) is 36.4 Å². The quantitative estimate of drug-likeness (QED) is 0.167. The van der Waals surface area contributed by atoms with Gasteiger partial charge < -0.3 is 4.42 Å². The van der Waals surface area contributed by atoms with Crippen LogP contribution in [0.4, 0.5) is 0 Å². The molecule has 9 aromatic carbocycles. The predicted molar refractivity (Wildman–Crippen MR) is 216 cm³/mol. The summed E-state index contributed by atoms with van der Waals surface area (Å²) in [6.45, 7) is 0. The highest BCUT2D eigenvalue weighted by molar-refractivity contribution is 6.25. The summed E-state index contributed by atoms with van der Waals surface area (Å²) < 4.78 is 164. The zero-order valence-electron chi connectivity index (χ0n) is 44.5. The molecule has 10 aromatic rings. The molecule has 10 rings (SSSR count). The number of benzene rings is 9. The molecule has 0 N–H and O–H groups in total. The fraction of sp³-hybridized carbons (Fsp3) is 0. The van der Waals surface area contributed by atoms with Gasteiger partial charge in [-0.25, -0.2) is 0 Å². The summed E-state index contributed by atoms with van der Waals surface area (Å²) >= 11 is 0. The maximum absolute atomic E-state index is 10.1. The minimum Gasteiger partial charge on any atom is -0.456 e. The van der Waals surface area contributed by atoms with Gasteiger partial charge in [0.05, 0.1) is 24.7 Å². The van der Waals surface area contributed by atoms with Crippen LogP contribution in [0.25, 0.3) is 99.1 Å². The molecule has 0 fully saturated rings. The minimum atomic E-state index is -0.777. The van der Waals surface area contributed by atoms with Crippen LogP contribution in [-0.2, 0) is 0 Å². The Kier molecular flexibility index (Phi) is 3.85. The van der Waals surface area contributed by atoms with E-state index >= 15 is 0 Å². The normalized spacial score (nSPS) is 16.5. The highest BCUT2D eigenvalue weighted by Gasteiger charge is 2.21. The molecule has 0 saturated carbocycles. The third-order valence-corrected chi connectivity index (χ3v) is 9.05. The fourth-order valence-corrected chi connectivity index (χ4v) is 6.93. The van der Waals surface area contributed by atoms with Crippen molar-refractivity contribution in [2.24, 2.45) is 0 Å². The molecule has 0 aliphatic heterocycles. The first-order chi connectivity index (χ1) is 32.8. The Labute approximate surface area is 322 Å². The van der Waals surface area contributed by atoms with Crippen LogP contribution in [0.5, 0.6) is 0 Å². The Balaban J connectivity index is 1.31. The number of fused-ring (bicyclic) bond motifs is 5. The lowest BCUT2D eigenvalue weighted by atomic mass is 9.83. The lowest BCUT2D eigenvalue weighted by Crippen LogP contribution is -1.93. The van der Waals surface area contributed by atoms with Gasteiger partial charge in [0.15, 0.2) is 0 Å². The Morgan fingerprint density at radius 3 is 1.55 bits per heavy atom. The molecule has 238 valence electrons. The second kappa shape index (κ2) is 12.0. The zero-order valence-corrected chi connectivity index (χ0v) is 26.5. The van der Waals surface area contributed by atoms with Crippen molar-refractivity contribution in [3.63, 3.8) is 0 Å². The van der Waals surface area contributed by atoms with E-state index in [1.54, 1.807) is 48.5 Å². The van der Waals surface area contributed by atoms with Gasteiger partial charge in [-0.05, 0) is 101 Å². The molecule has 0 bridgehead atoms. The topological polar surface area (TPSA) is 13.1 Å². The van der Waals surface area contributed by atoms with E-state index in [0.717, 1.165) is 0 Å². The van der Waals surface area contributed by atoms with Crippen molar-refractivity contribution in [2.75, 3.05) is 0 Å². The Morgan fingerprint density at radius 1 is 0.353 bits per heavy atom. The molecule has 0 spiro atoms. The number of hydrogen-bond acceptors (Lipinski definition) is 1. The Bertz CT molecular complexity index is 3810. The van der Waals surface area contributed by atoms with Crippen molar-refractivity contribution in [3.8, 4) is 55.6 Å². The van der Waals surface area contributed by atoms with E-state index in [2.05, 4.69) is 0 Å². The maximum Gasteiger partial charge on any atom is 0.136 e. The summed E-state index contributed by atoms with van der Waals surface area (Å²) in [4.78, 5) is 0. The molecule has 1 heterocycles. The summed E-state index contributed by atoms with van der Waals surface area (Å²) in [5.74, 6) is 0. The molecule has 0 saturated heterocycles. The third-order valence-electron chi connectivity index (χ3n) is 9.05. The van der Waals surface area contributed by atoms with Gasteiger partial charge in [0.25, 0.3) is 0 Å². The highest BCUT2D eigenvalue weighted by atomic mass is 16.3. The van der Waals surface area contributed by atoms with Gasteiger partial charge in [0, 0.05) is 10.8 Å². The van der Waals surface area contributed by atoms with Crippen LogP contribution in [0.3, 0.4) is 0 Å². The SMILES string of the molecule is [2H]c1c([2H])c([2H])c(-c2ccc3c(c2)oc2cccc(-c4c5ccccc5c(-c5c([2H])c([2H])c(-c6c([2H])c([2H])c([2H])c([2H])c6[2H])c(-c6c([2H])c([2H])c([2H])c([2H])c6[2H])c5[2H])c5ccccc45)c23)c([2H])c1[2H]. The molecule has 1 nitrogen and oxygen atoms in total. The molecule has 1 heteroatoms. The van der Waals surface area contributed by atoms with Crippen molar-refractivity contribution in [3.05, 3.63) is 194 Å². The van der Waals surface area contributed by atoms with E-state index in [4.69, 9.17) is 25.0 Å². The van der Waals surface area contributed by atoms with Crippen LogP contribution in [0.2, 0.25) is 0 Å². The molecule has 0 radical (unpaired) electrons. The standard InChI is InChI=1S/C50H32O/c1-4-15-33(16-5-1)36-27-30-43-47(32-36)51-46-26-14-25-44(50(43)46)49-41-23-12-10-21-39(41)48(40-22-11-13-24-42(40)49)37-28-29-38(34-17-6-2-7-18-34)45(31-37)35-19-8-3-9-20-35/h1-32H/i1D,2D,3D,4D,5D,6D,7D,8D,9D,15D,16D,17D,18D,19D,20D,28D,29D,31D. The van der Waals surface area contributed by atoms with E-state index < -0.39 is 119 Å². The van der Waals surface area contributed by atoms with E-state index in [0.29, 0.717) is 60.2 Å². The summed E-state index contributed by atoms with van der Waals surface area (Å²) in [7, 11) is 0. The van der Waals surface area contributed by atoms with Crippen molar-refractivity contribution < 1.29 is 29.1 Å². The molecule has 0 amide bonds. The molecule has 1 aromatic heterocycles. The van der Waals surface area contributed by atoms with Gasteiger partial charge in [-0.3, -0.25) is 0 Å². The molecule has 0 atom stereocenters. The van der Waals surface area contributed by atoms with Crippen LogP contribution in [-0.4, -0.2) is 0 Å². The molecular weight excluding hydrogens is 617 g/mol. The summed E-state index contributed by atoms with van der Waals surface area (Å²) in [5, 5.41) is 3.56. The van der Waals surface area contributed by atoms with Crippen LogP contribution in [0.1, 0.15) is 24.7 Å². The van der Waals surface area contributed by atoms with Crippen molar-refractivity contribution in [2.45, 2.75) is 0 Å². The first kappa shape index (κ1) is 16.3. The monoisotopic (exact) mass is 666 g/mol. The summed E-state index contributed by atoms with van der Waals surface area (Å²) in [5.41, 5.74) is 0.586. The molecule has 0 unspecified atom stereocenters. The van der Waals surface area contributed by atoms with E-state index in [9.17, 15) is 4.11 Å². The molecule has 0 aliphatic rings. The molecule has 51 heavy (non-hydrogen) atoms. The maximum atomic E-state index is 10.1. The minimum absolute atomic E-state index is 0.0191. The van der Waals surface area contributed by atoms with E-state index in [1.165, 1.54) is 0 Å². The van der Waals surface area contributed by atoms with Crippen LogP contribution >= 0.6 is 0 Å². The number of furan rings is 1. The second-order valence-corrected chi connectivity index (χ2v) is 11.8. The van der Waals surface area contributed by atoms with Crippen molar-refractivity contribution >= 4 is 43.5 Å². The Morgan fingerprint density at radius 2 is 0.922 bits per heavy atom. The van der Waals surface area contributed by atoms with Gasteiger partial charge in [-0.2, -0.15) is 0 Å². The average Bonchev–Trinajstić information content (AvgIpc) is 3.73. The Hall–Kier alpha value is -6.70. The highest BCUT2D eigenvalue weighted by Crippen LogP contribution is 2.48. The smallest absolute Gasteiger partial charge is 0.136 e. The number of rotatable bonds is 5. The van der Waals surface area contributed by atoms with Crippen LogP contribution in [0.15, 0.2) is 198 Å². The lowest BCUT2D eigenvalue weighted by molar-refractivity contribution is 0.669. The lowest BCUT2D eigenvalue weighted by Gasteiger charge is -2.19. The molecular formula is C50H32O. The van der Waals surface area contributed by atoms with Crippen LogP contribution in [0, 0.1) is 0 Å². The van der Waals surface area contributed by atoms with Gasteiger partial charge >= 0.3 is 0 Å². The first-order valence-corrected chi connectivity index (χ1v) is 16.0. The second-order valence-electron chi connectivity index (χ2n) is 11.8. The summed E-state index contributed by atoms with van der Waals surface area (Å²) in [6.07, 6.45) is 0. The average molecular weight is 667 g/mol. The number of hydrogen-bond donors (Lipinski definition) is 0. The zero-order chi connectivity index (χ0) is 49.4. The van der Waals surface area contributed by atoms with Gasteiger partial charge in [-0.15, -0.1) is 0 Å².